The molecule has 0 aromatic carbocycles. The molecule has 0 spiro atoms. The monoisotopic (exact) mass is 355 g/mol. The van der Waals surface area contributed by atoms with Crippen LogP contribution in [0.2, 0.25) is 0 Å². The van der Waals surface area contributed by atoms with Crippen molar-refractivity contribution in [2.75, 3.05) is 6.61 Å². The van der Waals surface area contributed by atoms with Crippen LogP contribution in [0.3, 0.4) is 0 Å². The summed E-state index contributed by atoms with van der Waals surface area (Å²) in [5.41, 5.74) is 0. The molecule has 0 aromatic heterocycles. The molecule has 0 bridgehead atoms. The van der Waals surface area contributed by atoms with Gasteiger partial charge in [-0.05, 0) is 6.42 Å². The van der Waals surface area contributed by atoms with E-state index in [2.05, 4.69) is 4.84 Å². The minimum Gasteiger partial charge on any atom is -0.693 e. The summed E-state index contributed by atoms with van der Waals surface area (Å²) in [6.45, 7) is 2.52. The molecule has 0 atom stereocenters. The summed E-state index contributed by atoms with van der Waals surface area (Å²) in [5, 5.41) is 0. The number of nitrogens with two attached hydrogens (primary N) is 1. The summed E-state index contributed by atoms with van der Waals surface area (Å²) >= 11 is -0.472. The van der Waals surface area contributed by atoms with Crippen LogP contribution in [0.1, 0.15) is 13.3 Å². The Bertz CT molecular complexity index is 33.8. The predicted octanol–water partition coefficient (Wildman–Crippen LogP) is 3.47. The maximum Gasteiger partial charge on any atom is -0.693 e. The van der Waals surface area contributed by atoms with Crippen LogP contribution in [0.4, 0.5) is 0 Å². The number of hydrogen-bond acceptors (Lipinski definition) is 1. The van der Waals surface area contributed by atoms with E-state index in [1.54, 1.807) is 0 Å². The van der Waals surface area contributed by atoms with Crippen molar-refractivity contribution in [2.24, 2.45) is 0 Å². The molecule has 0 aromatic rings. The zero-order valence-corrected chi connectivity index (χ0v) is 8.76. The molecule has 0 aliphatic carbocycles. The van der Waals surface area contributed by atoms with Crippen LogP contribution in [0.15, 0.2) is 0 Å². The Hall–Kier alpha value is 1.15. The van der Waals surface area contributed by atoms with Gasteiger partial charge in [-0.15, -0.1) is 0 Å². The molecule has 0 heterocycles. The molecular weight excluding hydrogens is 346 g/mol. The normalized spacial score (nSPS) is 7.11. The summed E-state index contributed by atoms with van der Waals surface area (Å²) in [6.07, 6.45) is 0.934. The van der Waals surface area contributed by atoms with Gasteiger partial charge in [0.05, 0.1) is 0 Å². The standard InChI is InChI=1S/C3H8NO.2ClH.H2N.Pt/c1-2-3-5-4;;;;/h4H,2-3H2,1H3;2*1H;1H2;/q-1;;;-1;+4/p-2. The molecule has 9 heavy (non-hydrogen) atoms. The summed E-state index contributed by atoms with van der Waals surface area (Å²) in [5.74, 6) is 6.10. The molecule has 0 saturated carbocycles. The molecule has 0 amide bonds. The van der Waals surface area contributed by atoms with Crippen LogP contribution in [0, 0.1) is 0 Å². The second-order valence-electron chi connectivity index (χ2n) is 0.894. The first-order chi connectivity index (χ1) is 3.83. The number of halogens is 2. The SMILES string of the molecule is CCCO[NH-].[Cl][Pt+2][Cl].[NH2-]. The smallest absolute Gasteiger partial charge is 0.693 e. The van der Waals surface area contributed by atoms with Gasteiger partial charge >= 0.3 is 35.3 Å². The number of nitrogens with one attached hydrogen (secondary N) is 1. The molecule has 0 aliphatic heterocycles. The fourth-order valence-corrected chi connectivity index (χ4v) is 0.102. The van der Waals surface area contributed by atoms with Gasteiger partial charge in [0.1, 0.15) is 0 Å². The van der Waals surface area contributed by atoms with E-state index < -0.39 is 16.5 Å². The Morgan fingerprint density at radius 1 is 1.56 bits per heavy atom. The molecule has 0 unspecified atom stereocenters. The van der Waals surface area contributed by atoms with Crippen LogP contribution >= 0.6 is 18.8 Å². The maximum atomic E-state index is 6.10. The second kappa shape index (κ2) is 22.9. The Morgan fingerprint density at radius 3 is 1.89 bits per heavy atom. The van der Waals surface area contributed by atoms with E-state index in [4.69, 9.17) is 24.7 Å². The van der Waals surface area contributed by atoms with E-state index in [1.165, 1.54) is 0 Å². The summed E-state index contributed by atoms with van der Waals surface area (Å²) in [4.78, 5) is 3.94. The van der Waals surface area contributed by atoms with Gasteiger partial charge in [-0.25, -0.2) is 0 Å². The van der Waals surface area contributed by atoms with Crippen molar-refractivity contribution < 1.29 is 21.3 Å². The Labute approximate surface area is 72.1 Å². The summed E-state index contributed by atoms with van der Waals surface area (Å²) < 4.78 is 0. The minimum atomic E-state index is -0.472. The first-order valence-corrected chi connectivity index (χ1v) is 7.57. The number of rotatable bonds is 2. The van der Waals surface area contributed by atoms with E-state index in [0.29, 0.717) is 6.61 Å². The average molecular weight is 356 g/mol. The molecule has 3 N–H and O–H groups in total. The van der Waals surface area contributed by atoms with E-state index in [1.807, 2.05) is 6.92 Å². The van der Waals surface area contributed by atoms with Crippen LogP contribution in [-0.2, 0) is 21.3 Å². The van der Waals surface area contributed by atoms with Crippen molar-refractivity contribution in [3.8, 4) is 0 Å². The Kier molecular flexibility index (Phi) is 42.3. The van der Waals surface area contributed by atoms with E-state index >= 15 is 0 Å². The molecular formula is C3H10Cl2N2OPt. The Balaban J connectivity index is -0.0000000800. The van der Waals surface area contributed by atoms with Gasteiger partial charge in [-0.1, -0.05) is 6.92 Å². The van der Waals surface area contributed by atoms with E-state index in [9.17, 15) is 0 Å². The van der Waals surface area contributed by atoms with E-state index in [-0.39, 0.29) is 6.15 Å². The summed E-state index contributed by atoms with van der Waals surface area (Å²) in [7, 11) is 9.75. The van der Waals surface area contributed by atoms with Gasteiger partial charge in [0, 0.05) is 6.61 Å². The molecule has 0 radical (unpaired) electrons. The van der Waals surface area contributed by atoms with Gasteiger partial charge in [-0.2, -0.15) is 0 Å². The van der Waals surface area contributed by atoms with Crippen molar-refractivity contribution in [2.45, 2.75) is 13.3 Å². The van der Waals surface area contributed by atoms with Crippen molar-refractivity contribution in [3.63, 3.8) is 0 Å². The fourth-order valence-electron chi connectivity index (χ4n) is 0.102. The molecule has 0 rings (SSSR count). The minimum absolute atomic E-state index is 0. The maximum absolute atomic E-state index is 6.10. The van der Waals surface area contributed by atoms with Gasteiger partial charge in [0.25, 0.3) is 0 Å². The molecule has 6 heteroatoms. The topological polar surface area (TPSA) is 66.5 Å². The molecule has 0 saturated heterocycles. The first-order valence-electron chi connectivity index (χ1n) is 1.94. The van der Waals surface area contributed by atoms with Crippen molar-refractivity contribution in [3.05, 3.63) is 12.0 Å². The molecule has 62 valence electrons. The molecule has 0 aliphatic rings. The van der Waals surface area contributed by atoms with Gasteiger partial charge in [-0.3, -0.25) is 0 Å². The van der Waals surface area contributed by atoms with Gasteiger partial charge < -0.3 is 16.9 Å². The second-order valence-corrected chi connectivity index (χ2v) is 4.18. The average Bonchev–Trinajstić information content (AvgIpc) is 1.71. The van der Waals surface area contributed by atoms with Crippen LogP contribution in [0.5, 0.6) is 0 Å². The number of hydrogen-bond donors (Lipinski definition) is 0. The first kappa shape index (κ1) is 16.6. The largest absolute Gasteiger partial charge is 0.693 e. The van der Waals surface area contributed by atoms with Crippen LogP contribution in [0.25, 0.3) is 12.0 Å². The third-order valence-electron chi connectivity index (χ3n) is 0.306. The molecule has 3 nitrogen and oxygen atoms in total. The van der Waals surface area contributed by atoms with Crippen LogP contribution in [-0.4, -0.2) is 6.61 Å². The van der Waals surface area contributed by atoms with Crippen molar-refractivity contribution in [1.29, 1.82) is 0 Å². The van der Waals surface area contributed by atoms with Crippen LogP contribution < -0.4 is 0 Å². The third-order valence-corrected chi connectivity index (χ3v) is 0.306. The van der Waals surface area contributed by atoms with Gasteiger partial charge in [0.15, 0.2) is 0 Å². The van der Waals surface area contributed by atoms with Gasteiger partial charge in [0.2, 0.25) is 0 Å². The predicted molar refractivity (Wildman–Crippen MR) is 37.6 cm³/mol. The third kappa shape index (κ3) is 47.2. The quantitative estimate of drug-likeness (QED) is 0.699. The van der Waals surface area contributed by atoms with Crippen molar-refractivity contribution >= 4 is 18.8 Å². The Morgan fingerprint density at radius 2 is 1.89 bits per heavy atom. The zero-order chi connectivity index (χ0) is 6.83. The molecule has 0 fully saturated rings. The van der Waals surface area contributed by atoms with Crippen molar-refractivity contribution in [1.82, 2.24) is 0 Å². The summed E-state index contributed by atoms with van der Waals surface area (Å²) in [6, 6.07) is 0. The zero-order valence-electron chi connectivity index (χ0n) is 4.97. The van der Waals surface area contributed by atoms with E-state index in [0.717, 1.165) is 6.42 Å². The fraction of sp³-hybridized carbons (Fsp3) is 1.00.